The van der Waals surface area contributed by atoms with Gasteiger partial charge in [0.2, 0.25) is 5.88 Å². The van der Waals surface area contributed by atoms with Crippen LogP contribution in [0.3, 0.4) is 0 Å². The topological polar surface area (TPSA) is 54.5 Å². The van der Waals surface area contributed by atoms with Crippen molar-refractivity contribution in [3.8, 4) is 16.3 Å². The SMILES string of the molecule is COc1cc(-c2ccc(C(=O)NC3C4CCN(CC4)C3C)s2)ccn1. The summed E-state index contributed by atoms with van der Waals surface area (Å²) >= 11 is 1.51. The molecule has 132 valence electrons. The lowest BCUT2D eigenvalue weighted by atomic mass is 9.79. The van der Waals surface area contributed by atoms with Gasteiger partial charge in [0.05, 0.1) is 12.0 Å². The number of hydrogen-bond donors (Lipinski definition) is 1. The Labute approximate surface area is 152 Å². The molecule has 2 aromatic heterocycles. The van der Waals surface area contributed by atoms with E-state index in [0.29, 0.717) is 17.8 Å². The van der Waals surface area contributed by atoms with Crippen LogP contribution in [0.2, 0.25) is 0 Å². The molecule has 2 bridgehead atoms. The first kappa shape index (κ1) is 16.5. The zero-order valence-corrected chi connectivity index (χ0v) is 15.4. The number of methoxy groups -OCH3 is 1. The van der Waals surface area contributed by atoms with E-state index in [2.05, 4.69) is 22.1 Å². The van der Waals surface area contributed by atoms with Gasteiger partial charge >= 0.3 is 0 Å². The molecule has 2 aromatic rings. The predicted octanol–water partition coefficient (Wildman–Crippen LogP) is 3.03. The number of carbonyl (C=O) groups is 1. The maximum atomic E-state index is 12.7. The summed E-state index contributed by atoms with van der Waals surface area (Å²) in [6.45, 7) is 4.58. The Balaban J connectivity index is 1.49. The van der Waals surface area contributed by atoms with Gasteiger partial charge < -0.3 is 10.1 Å². The molecular formula is C19H23N3O2S. The Morgan fingerprint density at radius 1 is 1.32 bits per heavy atom. The monoisotopic (exact) mass is 357 g/mol. The van der Waals surface area contributed by atoms with Crippen molar-refractivity contribution < 1.29 is 9.53 Å². The molecule has 25 heavy (non-hydrogen) atoms. The van der Waals surface area contributed by atoms with Gasteiger partial charge in [-0.05, 0) is 62.5 Å². The fourth-order valence-electron chi connectivity index (χ4n) is 4.06. The van der Waals surface area contributed by atoms with Crippen LogP contribution in [0.1, 0.15) is 29.4 Å². The molecule has 1 amide bonds. The Morgan fingerprint density at radius 3 is 2.84 bits per heavy atom. The number of nitrogens with zero attached hydrogens (tertiary/aromatic N) is 2. The minimum Gasteiger partial charge on any atom is -0.481 e. The average Bonchev–Trinajstić information content (AvgIpc) is 3.15. The largest absolute Gasteiger partial charge is 0.481 e. The fraction of sp³-hybridized carbons (Fsp3) is 0.474. The second kappa shape index (κ2) is 6.77. The summed E-state index contributed by atoms with van der Waals surface area (Å²) in [6.07, 6.45) is 4.12. The standard InChI is InChI=1S/C19H23N3O2S/c1-12-18(13-6-9-22(12)10-7-13)21-19(23)16-4-3-15(25-16)14-5-8-20-17(11-14)24-2/h3-5,8,11-13,18H,6-7,9-10H2,1-2H3,(H,21,23). The molecule has 6 heteroatoms. The molecule has 3 aliphatic heterocycles. The molecule has 0 spiro atoms. The number of ether oxygens (including phenoxy) is 1. The van der Waals surface area contributed by atoms with Crippen LogP contribution in [-0.2, 0) is 0 Å². The highest BCUT2D eigenvalue weighted by Crippen LogP contribution is 2.33. The quantitative estimate of drug-likeness (QED) is 0.914. The van der Waals surface area contributed by atoms with Crippen molar-refractivity contribution in [2.45, 2.75) is 31.8 Å². The number of piperidine rings is 3. The minimum absolute atomic E-state index is 0.0443. The number of nitrogens with one attached hydrogen (secondary N) is 1. The van der Waals surface area contributed by atoms with Gasteiger partial charge in [-0.2, -0.15) is 0 Å². The first-order chi connectivity index (χ1) is 12.2. The van der Waals surface area contributed by atoms with Crippen molar-refractivity contribution in [2.24, 2.45) is 5.92 Å². The highest BCUT2D eigenvalue weighted by molar-refractivity contribution is 7.17. The molecule has 5 heterocycles. The zero-order chi connectivity index (χ0) is 17.4. The summed E-state index contributed by atoms with van der Waals surface area (Å²) in [4.78, 5) is 21.2. The molecule has 0 radical (unpaired) electrons. The molecule has 3 aliphatic rings. The second-order valence-electron chi connectivity index (χ2n) is 6.86. The molecular weight excluding hydrogens is 334 g/mol. The number of aromatic nitrogens is 1. The molecule has 0 aliphatic carbocycles. The van der Waals surface area contributed by atoms with E-state index >= 15 is 0 Å². The van der Waals surface area contributed by atoms with Crippen LogP contribution in [0.25, 0.3) is 10.4 Å². The molecule has 1 N–H and O–H groups in total. The highest BCUT2D eigenvalue weighted by atomic mass is 32.1. The van der Waals surface area contributed by atoms with Crippen molar-refractivity contribution in [3.63, 3.8) is 0 Å². The first-order valence-electron chi connectivity index (χ1n) is 8.81. The summed E-state index contributed by atoms with van der Waals surface area (Å²) < 4.78 is 5.18. The third kappa shape index (κ3) is 3.16. The fourth-order valence-corrected chi connectivity index (χ4v) is 4.96. The van der Waals surface area contributed by atoms with Crippen molar-refractivity contribution >= 4 is 17.2 Å². The molecule has 5 nitrogen and oxygen atoms in total. The zero-order valence-electron chi connectivity index (χ0n) is 14.6. The minimum atomic E-state index is 0.0443. The lowest BCUT2D eigenvalue weighted by molar-refractivity contribution is 0.0218. The first-order valence-corrected chi connectivity index (χ1v) is 9.62. The van der Waals surface area contributed by atoms with Crippen LogP contribution in [0, 0.1) is 5.92 Å². The Hall–Kier alpha value is -1.92. The molecule has 0 saturated carbocycles. The second-order valence-corrected chi connectivity index (χ2v) is 7.95. The summed E-state index contributed by atoms with van der Waals surface area (Å²) in [5.74, 6) is 1.24. The van der Waals surface area contributed by atoms with Gasteiger partial charge in [-0.3, -0.25) is 9.69 Å². The van der Waals surface area contributed by atoms with E-state index in [1.807, 2.05) is 24.3 Å². The Bertz CT molecular complexity index is 766. The maximum absolute atomic E-state index is 12.7. The third-order valence-electron chi connectivity index (χ3n) is 5.53. The number of carbonyl (C=O) groups excluding carboxylic acids is 1. The van der Waals surface area contributed by atoms with E-state index in [1.54, 1.807) is 13.3 Å². The summed E-state index contributed by atoms with van der Waals surface area (Å²) in [5, 5.41) is 3.30. The number of thiophene rings is 1. The van der Waals surface area contributed by atoms with Gasteiger partial charge in [0, 0.05) is 29.2 Å². The number of amides is 1. The van der Waals surface area contributed by atoms with E-state index in [0.717, 1.165) is 15.3 Å². The van der Waals surface area contributed by atoms with Crippen molar-refractivity contribution in [3.05, 3.63) is 35.3 Å². The van der Waals surface area contributed by atoms with Gasteiger partial charge in [-0.1, -0.05) is 0 Å². The molecule has 2 unspecified atom stereocenters. The van der Waals surface area contributed by atoms with Crippen LogP contribution in [0.4, 0.5) is 0 Å². The molecule has 3 saturated heterocycles. The van der Waals surface area contributed by atoms with Crippen LogP contribution in [0.15, 0.2) is 30.5 Å². The molecule has 5 rings (SSSR count). The number of fused-ring (bicyclic) bond motifs is 3. The van der Waals surface area contributed by atoms with Gasteiger partial charge in [0.25, 0.3) is 5.91 Å². The van der Waals surface area contributed by atoms with Crippen LogP contribution in [-0.4, -0.2) is 48.1 Å². The van der Waals surface area contributed by atoms with E-state index in [1.165, 1.54) is 37.3 Å². The van der Waals surface area contributed by atoms with Crippen molar-refractivity contribution in [1.82, 2.24) is 15.2 Å². The Kier molecular flexibility index (Phi) is 4.48. The van der Waals surface area contributed by atoms with Gasteiger partial charge in [-0.15, -0.1) is 11.3 Å². The molecule has 2 atom stereocenters. The van der Waals surface area contributed by atoms with E-state index in [9.17, 15) is 4.79 Å². The summed E-state index contributed by atoms with van der Waals surface area (Å²) in [5.41, 5.74) is 1.02. The van der Waals surface area contributed by atoms with Gasteiger partial charge in [0.1, 0.15) is 0 Å². The highest BCUT2D eigenvalue weighted by Gasteiger charge is 2.40. The van der Waals surface area contributed by atoms with Crippen LogP contribution < -0.4 is 10.1 Å². The lowest BCUT2D eigenvalue weighted by Crippen LogP contribution is -2.62. The third-order valence-corrected chi connectivity index (χ3v) is 6.67. The average molecular weight is 357 g/mol. The number of pyridine rings is 1. The summed E-state index contributed by atoms with van der Waals surface area (Å²) in [7, 11) is 1.61. The molecule has 3 fully saturated rings. The molecule has 0 aromatic carbocycles. The van der Waals surface area contributed by atoms with Gasteiger partial charge in [0.15, 0.2) is 0 Å². The van der Waals surface area contributed by atoms with Crippen molar-refractivity contribution in [2.75, 3.05) is 20.2 Å². The van der Waals surface area contributed by atoms with E-state index in [-0.39, 0.29) is 11.9 Å². The van der Waals surface area contributed by atoms with Gasteiger partial charge in [-0.25, -0.2) is 4.98 Å². The number of hydrogen-bond acceptors (Lipinski definition) is 5. The van der Waals surface area contributed by atoms with Crippen molar-refractivity contribution in [1.29, 1.82) is 0 Å². The Morgan fingerprint density at radius 2 is 2.12 bits per heavy atom. The predicted molar refractivity (Wildman–Crippen MR) is 99.1 cm³/mol. The normalized spacial score (nSPS) is 27.9. The summed E-state index contributed by atoms with van der Waals surface area (Å²) in [6, 6.07) is 8.43. The smallest absolute Gasteiger partial charge is 0.261 e. The number of rotatable bonds is 4. The maximum Gasteiger partial charge on any atom is 0.261 e. The van der Waals surface area contributed by atoms with Crippen LogP contribution >= 0.6 is 11.3 Å². The van der Waals surface area contributed by atoms with Crippen LogP contribution in [0.5, 0.6) is 5.88 Å². The van der Waals surface area contributed by atoms with E-state index < -0.39 is 0 Å². The van der Waals surface area contributed by atoms with E-state index in [4.69, 9.17) is 4.74 Å². The lowest BCUT2D eigenvalue weighted by Gasteiger charge is -2.49.